The summed E-state index contributed by atoms with van der Waals surface area (Å²) in [4.78, 5) is 13.9. The van der Waals surface area contributed by atoms with Crippen molar-refractivity contribution in [3.63, 3.8) is 0 Å². The summed E-state index contributed by atoms with van der Waals surface area (Å²) < 4.78 is 5.44. The Morgan fingerprint density at radius 3 is 2.45 bits per heavy atom. The second kappa shape index (κ2) is 6.38. The molecule has 0 aliphatic rings. The molecular weight excluding hydrogens is 254 g/mol. The molecule has 1 aromatic rings. The van der Waals surface area contributed by atoms with Gasteiger partial charge >= 0.3 is 5.97 Å². The maximum absolute atomic E-state index is 12.1. The lowest BCUT2D eigenvalue weighted by Crippen LogP contribution is -2.31. The number of esters is 1. The van der Waals surface area contributed by atoms with E-state index >= 15 is 0 Å². The van der Waals surface area contributed by atoms with E-state index in [4.69, 9.17) is 11.2 Å². The Labute approximate surface area is 120 Å². The zero-order valence-electron chi connectivity index (χ0n) is 12.7. The van der Waals surface area contributed by atoms with Crippen LogP contribution in [0.1, 0.15) is 37.7 Å². The van der Waals surface area contributed by atoms with Gasteiger partial charge in [0.25, 0.3) is 0 Å². The molecule has 0 saturated heterocycles. The summed E-state index contributed by atoms with van der Waals surface area (Å²) in [7, 11) is 3.70. The summed E-state index contributed by atoms with van der Waals surface area (Å²) >= 11 is 0. The molecule has 0 aliphatic heterocycles. The van der Waals surface area contributed by atoms with E-state index in [0.717, 1.165) is 0 Å². The molecule has 5 nitrogen and oxygen atoms in total. The molecule has 0 N–H and O–H groups in total. The fourth-order valence-electron chi connectivity index (χ4n) is 1.49. The monoisotopic (exact) mass is 275 g/mol. The third kappa shape index (κ3) is 4.23. The maximum atomic E-state index is 12.1. The van der Waals surface area contributed by atoms with Gasteiger partial charge in [-0.05, 0) is 17.5 Å². The van der Waals surface area contributed by atoms with Crippen molar-refractivity contribution in [2.45, 2.75) is 33.3 Å². The molecule has 0 amide bonds. The van der Waals surface area contributed by atoms with Gasteiger partial charge in [-0.1, -0.05) is 20.8 Å². The van der Waals surface area contributed by atoms with E-state index in [1.165, 1.54) is 0 Å². The van der Waals surface area contributed by atoms with E-state index in [2.05, 4.69) is 16.1 Å². The van der Waals surface area contributed by atoms with Gasteiger partial charge < -0.3 is 9.64 Å². The molecule has 0 aliphatic carbocycles. The highest BCUT2D eigenvalue weighted by atomic mass is 16.5. The standard InChI is InChI=1S/C15H21N3O2/c1-7-8-12(15(2,3)4)20-14(19)11-9-10-13(17-16-11)18(5)6/h1,9-10,12H,8H2,2-6H3. The Balaban J connectivity index is 2.82. The van der Waals surface area contributed by atoms with Crippen molar-refractivity contribution in [2.75, 3.05) is 19.0 Å². The lowest BCUT2D eigenvalue weighted by Gasteiger charge is -2.28. The summed E-state index contributed by atoms with van der Waals surface area (Å²) in [6.07, 6.45) is 5.34. The SMILES string of the molecule is C#CCC(OC(=O)c1ccc(N(C)C)nn1)C(C)(C)C. The van der Waals surface area contributed by atoms with Crippen LogP contribution < -0.4 is 4.90 Å². The van der Waals surface area contributed by atoms with Crippen LogP contribution in [0.2, 0.25) is 0 Å². The number of nitrogens with zero attached hydrogens (tertiary/aromatic N) is 3. The van der Waals surface area contributed by atoms with Crippen LogP contribution in [0.3, 0.4) is 0 Å². The number of terminal acetylenes is 1. The van der Waals surface area contributed by atoms with Crippen LogP contribution in [-0.2, 0) is 4.74 Å². The third-order valence-corrected chi connectivity index (χ3v) is 2.84. The topological polar surface area (TPSA) is 55.3 Å². The van der Waals surface area contributed by atoms with Crippen molar-refractivity contribution in [3.8, 4) is 12.3 Å². The number of hydrogen-bond donors (Lipinski definition) is 0. The van der Waals surface area contributed by atoms with Crippen molar-refractivity contribution in [2.24, 2.45) is 5.41 Å². The molecule has 0 spiro atoms. The second-order valence-electron chi connectivity index (χ2n) is 5.84. The molecule has 0 aromatic carbocycles. The first-order valence-electron chi connectivity index (χ1n) is 6.41. The predicted octanol–water partition coefficient (Wildman–Crippen LogP) is 2.14. The molecule has 0 saturated carbocycles. The van der Waals surface area contributed by atoms with Gasteiger partial charge in [-0.15, -0.1) is 22.5 Å². The average molecular weight is 275 g/mol. The molecule has 1 atom stereocenters. The largest absolute Gasteiger partial charge is 0.456 e. The molecule has 1 heterocycles. The number of anilines is 1. The highest BCUT2D eigenvalue weighted by Crippen LogP contribution is 2.25. The zero-order valence-corrected chi connectivity index (χ0v) is 12.7. The molecule has 0 radical (unpaired) electrons. The highest BCUT2D eigenvalue weighted by Gasteiger charge is 2.28. The first-order chi connectivity index (χ1) is 9.25. The lowest BCUT2D eigenvalue weighted by molar-refractivity contribution is -0.00124. The van der Waals surface area contributed by atoms with Gasteiger partial charge in [-0.2, -0.15) is 0 Å². The summed E-state index contributed by atoms with van der Waals surface area (Å²) in [6, 6.07) is 3.32. The van der Waals surface area contributed by atoms with Crippen molar-refractivity contribution >= 4 is 11.8 Å². The molecule has 1 unspecified atom stereocenters. The zero-order chi connectivity index (χ0) is 15.3. The first-order valence-corrected chi connectivity index (χ1v) is 6.41. The fraction of sp³-hybridized carbons (Fsp3) is 0.533. The molecule has 1 aromatic heterocycles. The normalized spacial score (nSPS) is 12.4. The molecule has 5 heteroatoms. The van der Waals surface area contributed by atoms with Crippen LogP contribution in [0.25, 0.3) is 0 Å². The minimum absolute atomic E-state index is 0.182. The Kier molecular flexibility index (Phi) is 5.09. The van der Waals surface area contributed by atoms with Gasteiger partial charge in [0.1, 0.15) is 6.10 Å². The Bertz CT molecular complexity index is 495. The van der Waals surface area contributed by atoms with Gasteiger partial charge in [-0.25, -0.2) is 4.79 Å². The van der Waals surface area contributed by atoms with Crippen LogP contribution in [0.5, 0.6) is 0 Å². The van der Waals surface area contributed by atoms with E-state index in [1.54, 1.807) is 17.0 Å². The van der Waals surface area contributed by atoms with E-state index in [9.17, 15) is 4.79 Å². The van der Waals surface area contributed by atoms with Gasteiger partial charge in [0, 0.05) is 20.5 Å². The summed E-state index contributed by atoms with van der Waals surface area (Å²) in [6.45, 7) is 5.93. The van der Waals surface area contributed by atoms with E-state index in [-0.39, 0.29) is 17.2 Å². The van der Waals surface area contributed by atoms with Gasteiger partial charge in [-0.3, -0.25) is 0 Å². The molecule has 108 valence electrons. The number of carbonyl (C=O) groups excluding carboxylic acids is 1. The summed E-state index contributed by atoms with van der Waals surface area (Å²) in [5, 5.41) is 7.83. The Morgan fingerprint density at radius 1 is 1.40 bits per heavy atom. The van der Waals surface area contributed by atoms with Crippen LogP contribution in [0, 0.1) is 17.8 Å². The van der Waals surface area contributed by atoms with Crippen molar-refractivity contribution in [1.29, 1.82) is 0 Å². The Morgan fingerprint density at radius 2 is 2.05 bits per heavy atom. The minimum Gasteiger partial charge on any atom is -0.456 e. The number of ether oxygens (including phenoxy) is 1. The second-order valence-corrected chi connectivity index (χ2v) is 5.84. The third-order valence-electron chi connectivity index (χ3n) is 2.84. The minimum atomic E-state index is -0.502. The number of rotatable bonds is 4. The maximum Gasteiger partial charge on any atom is 0.359 e. The van der Waals surface area contributed by atoms with Crippen molar-refractivity contribution < 1.29 is 9.53 Å². The van der Waals surface area contributed by atoms with E-state index < -0.39 is 5.97 Å². The molecule has 0 fully saturated rings. The lowest BCUT2D eigenvalue weighted by atomic mass is 9.87. The summed E-state index contributed by atoms with van der Waals surface area (Å²) in [5.41, 5.74) is -0.0409. The van der Waals surface area contributed by atoms with Gasteiger partial charge in [0.05, 0.1) is 0 Å². The van der Waals surface area contributed by atoms with Crippen molar-refractivity contribution in [1.82, 2.24) is 10.2 Å². The van der Waals surface area contributed by atoms with Crippen LogP contribution >= 0.6 is 0 Å². The number of hydrogen-bond acceptors (Lipinski definition) is 5. The van der Waals surface area contributed by atoms with E-state index in [0.29, 0.717) is 12.2 Å². The highest BCUT2D eigenvalue weighted by molar-refractivity contribution is 5.87. The fourth-order valence-corrected chi connectivity index (χ4v) is 1.49. The molecule has 0 bridgehead atoms. The smallest absolute Gasteiger partial charge is 0.359 e. The van der Waals surface area contributed by atoms with Crippen LogP contribution in [0.15, 0.2) is 12.1 Å². The average Bonchev–Trinajstić information content (AvgIpc) is 2.37. The van der Waals surface area contributed by atoms with Gasteiger partial charge in [0.2, 0.25) is 0 Å². The van der Waals surface area contributed by atoms with E-state index in [1.807, 2.05) is 34.9 Å². The first kappa shape index (κ1) is 16.0. The Hall–Kier alpha value is -2.09. The van der Waals surface area contributed by atoms with Crippen molar-refractivity contribution in [3.05, 3.63) is 17.8 Å². The molecular formula is C15H21N3O2. The molecule has 1 rings (SSSR count). The quantitative estimate of drug-likeness (QED) is 0.622. The van der Waals surface area contributed by atoms with Crippen LogP contribution in [-0.4, -0.2) is 36.4 Å². The predicted molar refractivity (Wildman–Crippen MR) is 78.5 cm³/mol. The van der Waals surface area contributed by atoms with Crippen LogP contribution in [0.4, 0.5) is 5.82 Å². The summed E-state index contributed by atoms with van der Waals surface area (Å²) in [5.74, 6) is 2.71. The number of carbonyl (C=O) groups is 1. The molecule has 20 heavy (non-hydrogen) atoms. The van der Waals surface area contributed by atoms with Gasteiger partial charge in [0.15, 0.2) is 11.5 Å². The number of aromatic nitrogens is 2.